The third-order valence-corrected chi connectivity index (χ3v) is 3.80. The predicted molar refractivity (Wildman–Crippen MR) is 101 cm³/mol. The summed E-state index contributed by atoms with van der Waals surface area (Å²) in [6.45, 7) is 1.35. The van der Waals surface area contributed by atoms with Crippen molar-refractivity contribution >= 4 is 11.9 Å². The number of aliphatic hydroxyl groups is 3. The van der Waals surface area contributed by atoms with Gasteiger partial charge in [0.15, 0.2) is 0 Å². The van der Waals surface area contributed by atoms with Crippen molar-refractivity contribution in [3.63, 3.8) is 0 Å². The van der Waals surface area contributed by atoms with E-state index in [4.69, 9.17) is 25.5 Å². The van der Waals surface area contributed by atoms with Crippen molar-refractivity contribution in [1.82, 2.24) is 0 Å². The number of hydrogen-bond donors (Lipinski definition) is 5. The van der Waals surface area contributed by atoms with Gasteiger partial charge in [-0.1, -0.05) is 43.3 Å². The predicted octanol–water partition coefficient (Wildman–Crippen LogP) is 2.13. The van der Waals surface area contributed by atoms with Gasteiger partial charge in [-0.2, -0.15) is 0 Å². The fourth-order valence-corrected chi connectivity index (χ4v) is 1.65. The highest BCUT2D eigenvalue weighted by atomic mass is 16.4. The lowest BCUT2D eigenvalue weighted by molar-refractivity contribution is 0.00303. The molecule has 0 atom stereocenters. The first-order chi connectivity index (χ1) is 12.9. The van der Waals surface area contributed by atoms with Crippen molar-refractivity contribution in [2.24, 2.45) is 5.41 Å². The Balaban J connectivity index is 0.000000376. The van der Waals surface area contributed by atoms with Crippen molar-refractivity contribution in [3.05, 3.63) is 71.8 Å². The molecule has 0 aromatic heterocycles. The van der Waals surface area contributed by atoms with Crippen LogP contribution in [0, 0.1) is 5.41 Å². The van der Waals surface area contributed by atoms with Gasteiger partial charge in [0.25, 0.3) is 0 Å². The molecule has 0 aliphatic rings. The maximum absolute atomic E-state index is 10.2. The molecule has 0 aliphatic carbocycles. The summed E-state index contributed by atoms with van der Waals surface area (Å²) in [5, 5.41) is 42.7. The maximum Gasteiger partial charge on any atom is 0.335 e. The molecular formula is C20H26O7. The second kappa shape index (κ2) is 13.5. The number of carboxylic acid groups (broad SMARTS) is 2. The van der Waals surface area contributed by atoms with E-state index in [1.54, 1.807) is 60.7 Å². The number of aliphatic hydroxyl groups excluding tert-OH is 3. The number of carbonyl (C=O) groups is 2. The Bertz CT molecular complexity index is 586. The molecule has 148 valence electrons. The molecule has 2 rings (SSSR count). The van der Waals surface area contributed by atoms with Crippen LogP contribution < -0.4 is 0 Å². The highest BCUT2D eigenvalue weighted by Gasteiger charge is 2.24. The lowest BCUT2D eigenvalue weighted by atomic mass is 9.88. The van der Waals surface area contributed by atoms with Crippen LogP contribution >= 0.6 is 0 Å². The van der Waals surface area contributed by atoms with Gasteiger partial charge in [0.2, 0.25) is 0 Å². The molecule has 0 amide bonds. The van der Waals surface area contributed by atoms with Gasteiger partial charge in [0.05, 0.1) is 30.9 Å². The molecule has 0 heterocycles. The van der Waals surface area contributed by atoms with Crippen molar-refractivity contribution in [2.75, 3.05) is 19.8 Å². The first-order valence-electron chi connectivity index (χ1n) is 8.25. The second-order valence-corrected chi connectivity index (χ2v) is 5.67. The summed E-state index contributed by atoms with van der Waals surface area (Å²) in [4.78, 5) is 20.4. The van der Waals surface area contributed by atoms with E-state index in [-0.39, 0.29) is 19.8 Å². The summed E-state index contributed by atoms with van der Waals surface area (Å²) in [6, 6.07) is 16.6. The minimum Gasteiger partial charge on any atom is -0.478 e. The molecule has 5 N–H and O–H groups in total. The number of rotatable bonds is 6. The van der Waals surface area contributed by atoms with E-state index in [9.17, 15) is 9.59 Å². The van der Waals surface area contributed by atoms with Crippen molar-refractivity contribution in [3.8, 4) is 0 Å². The zero-order chi connectivity index (χ0) is 20.7. The third-order valence-electron chi connectivity index (χ3n) is 3.80. The number of hydrogen-bond acceptors (Lipinski definition) is 5. The first-order valence-corrected chi connectivity index (χ1v) is 8.25. The van der Waals surface area contributed by atoms with Crippen LogP contribution in [0.5, 0.6) is 0 Å². The van der Waals surface area contributed by atoms with Gasteiger partial charge >= 0.3 is 11.9 Å². The van der Waals surface area contributed by atoms with Gasteiger partial charge in [-0.05, 0) is 30.7 Å². The Morgan fingerprint density at radius 2 is 1.00 bits per heavy atom. The molecular weight excluding hydrogens is 352 g/mol. The van der Waals surface area contributed by atoms with Gasteiger partial charge in [-0.3, -0.25) is 0 Å². The Morgan fingerprint density at radius 1 is 0.704 bits per heavy atom. The SMILES string of the molecule is CCC(CO)(CO)CO.O=C(O)c1ccccc1.O=C(O)c1ccccc1. The van der Waals surface area contributed by atoms with Crippen LogP contribution in [0.4, 0.5) is 0 Å². The Kier molecular flexibility index (Phi) is 12.1. The molecule has 7 nitrogen and oxygen atoms in total. The van der Waals surface area contributed by atoms with Crippen LogP contribution in [0.25, 0.3) is 0 Å². The largest absolute Gasteiger partial charge is 0.478 e. The topological polar surface area (TPSA) is 135 Å². The van der Waals surface area contributed by atoms with Crippen LogP contribution in [0.15, 0.2) is 60.7 Å². The van der Waals surface area contributed by atoms with Crippen LogP contribution in [0.2, 0.25) is 0 Å². The quantitative estimate of drug-likeness (QED) is 0.519. The van der Waals surface area contributed by atoms with Gasteiger partial charge < -0.3 is 25.5 Å². The third kappa shape index (κ3) is 9.50. The normalized spacial score (nSPS) is 9.93. The summed E-state index contributed by atoms with van der Waals surface area (Å²) in [6.07, 6.45) is 0.594. The van der Waals surface area contributed by atoms with E-state index in [2.05, 4.69) is 0 Å². The van der Waals surface area contributed by atoms with E-state index in [1.807, 2.05) is 6.92 Å². The summed E-state index contributed by atoms with van der Waals surface area (Å²) in [5.41, 5.74) is -0.00463. The molecule has 7 heteroatoms. The molecule has 2 aromatic carbocycles. The van der Waals surface area contributed by atoms with Gasteiger partial charge in [0, 0.05) is 5.41 Å². The highest BCUT2D eigenvalue weighted by Crippen LogP contribution is 2.18. The lowest BCUT2D eigenvalue weighted by Gasteiger charge is -2.24. The fraction of sp³-hybridized carbons (Fsp3) is 0.300. The van der Waals surface area contributed by atoms with E-state index in [0.29, 0.717) is 17.5 Å². The van der Waals surface area contributed by atoms with E-state index >= 15 is 0 Å². The monoisotopic (exact) mass is 378 g/mol. The lowest BCUT2D eigenvalue weighted by Crippen LogP contribution is -2.32. The standard InChI is InChI=1S/2C7H6O2.C6H14O3/c2*8-7(9)6-4-2-1-3-5-6;1-2-6(3-7,4-8)5-9/h2*1-5H,(H,8,9);7-9H,2-5H2,1H3. The second-order valence-electron chi connectivity index (χ2n) is 5.67. The van der Waals surface area contributed by atoms with Gasteiger partial charge in [0.1, 0.15) is 0 Å². The Hall–Kier alpha value is -2.74. The molecule has 0 unspecified atom stereocenters. The average molecular weight is 378 g/mol. The molecule has 0 fully saturated rings. The summed E-state index contributed by atoms with van der Waals surface area (Å²) < 4.78 is 0. The van der Waals surface area contributed by atoms with Crippen LogP contribution in [-0.2, 0) is 0 Å². The van der Waals surface area contributed by atoms with Crippen molar-refractivity contribution in [1.29, 1.82) is 0 Å². The van der Waals surface area contributed by atoms with Crippen LogP contribution in [0.1, 0.15) is 34.1 Å². The smallest absolute Gasteiger partial charge is 0.335 e. The molecule has 0 bridgehead atoms. The molecule has 0 aliphatic heterocycles. The van der Waals surface area contributed by atoms with E-state index in [1.165, 1.54) is 0 Å². The first kappa shape index (κ1) is 24.3. The molecule has 0 saturated heterocycles. The highest BCUT2D eigenvalue weighted by molar-refractivity contribution is 5.87. The van der Waals surface area contributed by atoms with E-state index < -0.39 is 17.4 Å². The van der Waals surface area contributed by atoms with E-state index in [0.717, 1.165) is 0 Å². The Morgan fingerprint density at radius 3 is 1.11 bits per heavy atom. The molecule has 0 saturated carbocycles. The molecule has 0 spiro atoms. The van der Waals surface area contributed by atoms with Crippen LogP contribution in [-0.4, -0.2) is 57.3 Å². The minimum absolute atomic E-state index is 0.156. The average Bonchev–Trinajstić information content (AvgIpc) is 2.72. The summed E-state index contributed by atoms with van der Waals surface area (Å²) in [7, 11) is 0. The number of carboxylic acids is 2. The maximum atomic E-state index is 10.2. The van der Waals surface area contributed by atoms with Gasteiger partial charge in [-0.25, -0.2) is 9.59 Å². The minimum atomic E-state index is -0.879. The zero-order valence-corrected chi connectivity index (χ0v) is 15.2. The summed E-state index contributed by atoms with van der Waals surface area (Å²) in [5.74, 6) is -1.76. The zero-order valence-electron chi connectivity index (χ0n) is 15.2. The van der Waals surface area contributed by atoms with Gasteiger partial charge in [-0.15, -0.1) is 0 Å². The number of aromatic carboxylic acids is 2. The molecule has 0 radical (unpaired) electrons. The molecule has 27 heavy (non-hydrogen) atoms. The van der Waals surface area contributed by atoms with Crippen molar-refractivity contribution in [2.45, 2.75) is 13.3 Å². The summed E-state index contributed by atoms with van der Waals surface area (Å²) >= 11 is 0. The molecule has 2 aromatic rings. The number of benzene rings is 2. The van der Waals surface area contributed by atoms with Crippen LogP contribution in [0.3, 0.4) is 0 Å². The fourth-order valence-electron chi connectivity index (χ4n) is 1.65. The van der Waals surface area contributed by atoms with Crippen molar-refractivity contribution < 1.29 is 35.1 Å². The Labute approximate surface area is 158 Å².